The topological polar surface area (TPSA) is 74.2 Å². The normalized spacial score (nSPS) is 12.8. The van der Waals surface area contributed by atoms with E-state index >= 15 is 0 Å². The van der Waals surface area contributed by atoms with Crippen molar-refractivity contribution in [3.05, 3.63) is 79.2 Å². The largest absolute Gasteiger partial charge is 0.332 e. The molecular formula is C26H32ClN5O2. The summed E-state index contributed by atoms with van der Waals surface area (Å²) in [6, 6.07) is 6.52. The van der Waals surface area contributed by atoms with Crippen molar-refractivity contribution in [2.75, 3.05) is 0 Å². The number of fused-ring (bicyclic) bond motifs is 1. The Morgan fingerprint density at radius 1 is 0.971 bits per heavy atom. The Morgan fingerprint density at radius 2 is 1.71 bits per heavy atom. The van der Waals surface area contributed by atoms with E-state index in [2.05, 4.69) is 49.1 Å². The van der Waals surface area contributed by atoms with Crippen molar-refractivity contribution in [1.29, 1.82) is 0 Å². The van der Waals surface area contributed by atoms with E-state index in [1.807, 2.05) is 17.1 Å². The highest BCUT2D eigenvalue weighted by molar-refractivity contribution is 6.66. The van der Waals surface area contributed by atoms with Gasteiger partial charge < -0.3 is 0 Å². The van der Waals surface area contributed by atoms with E-state index in [-0.39, 0.29) is 11.2 Å². The van der Waals surface area contributed by atoms with Crippen LogP contribution < -0.4 is 11.2 Å². The van der Waals surface area contributed by atoms with E-state index in [1.165, 1.54) is 21.3 Å². The third kappa shape index (κ3) is 5.41. The van der Waals surface area contributed by atoms with Gasteiger partial charge in [-0.2, -0.15) is 5.10 Å². The van der Waals surface area contributed by atoms with Gasteiger partial charge in [0.25, 0.3) is 5.56 Å². The van der Waals surface area contributed by atoms with Gasteiger partial charge in [-0.15, -0.1) is 0 Å². The van der Waals surface area contributed by atoms with Gasteiger partial charge in [-0.25, -0.2) is 9.79 Å². The van der Waals surface area contributed by atoms with Crippen molar-refractivity contribution in [3.8, 4) is 0 Å². The summed E-state index contributed by atoms with van der Waals surface area (Å²) in [4.78, 5) is 30.5. The fourth-order valence-corrected chi connectivity index (χ4v) is 4.87. The number of benzene rings is 1. The number of hydrogen-bond acceptors (Lipinski definition) is 4. The molecule has 34 heavy (non-hydrogen) atoms. The first kappa shape index (κ1) is 24.2. The lowest BCUT2D eigenvalue weighted by Gasteiger charge is -2.14. The lowest BCUT2D eigenvalue weighted by molar-refractivity contribution is 0.513. The number of unbranched alkanes of at least 4 members (excludes halogenated alkanes) is 2. The van der Waals surface area contributed by atoms with Crippen LogP contribution in [0.1, 0.15) is 60.4 Å². The standard InChI is InChI=1S/C26H32ClN5O2/c1-4-5-6-9-31-24-22(14-23(27)29-24)25(33)32(26(31)34)10-7-8-20-15-28-30(16-20)17-21-12-18(2)11-19(3)13-21/h11-13,15-16H,4-10,14,17H2,1-3H3. The second kappa shape index (κ2) is 10.6. The van der Waals surface area contributed by atoms with Gasteiger partial charge in [-0.3, -0.25) is 18.6 Å². The number of nitrogens with zero attached hydrogens (tertiary/aromatic N) is 5. The van der Waals surface area contributed by atoms with E-state index < -0.39 is 0 Å². The highest BCUT2D eigenvalue weighted by atomic mass is 35.5. The Bertz CT molecular complexity index is 1310. The molecule has 0 atom stereocenters. The monoisotopic (exact) mass is 481 g/mol. The minimum atomic E-state index is -0.291. The van der Waals surface area contributed by atoms with Gasteiger partial charge in [0.15, 0.2) is 0 Å². The zero-order valence-electron chi connectivity index (χ0n) is 20.2. The van der Waals surface area contributed by atoms with E-state index in [0.717, 1.165) is 37.8 Å². The first-order valence-electron chi connectivity index (χ1n) is 12.0. The Balaban J connectivity index is 1.45. The zero-order valence-corrected chi connectivity index (χ0v) is 20.9. The SMILES string of the molecule is CCCCCn1c2c(c(=O)n(CCCc3cnn(Cc4cc(C)cc(C)c4)c3)c1=O)CC(Cl)=N2. The minimum Gasteiger partial charge on any atom is -0.278 e. The number of aliphatic imine (C=N–C) groups is 1. The van der Waals surface area contributed by atoms with Crippen molar-refractivity contribution in [2.24, 2.45) is 4.99 Å². The van der Waals surface area contributed by atoms with Gasteiger partial charge in [0, 0.05) is 25.7 Å². The average molecular weight is 482 g/mol. The Labute approximate surface area is 204 Å². The number of aryl methyl sites for hydroxylation is 3. The second-order valence-corrected chi connectivity index (χ2v) is 9.65. The Kier molecular flexibility index (Phi) is 7.51. The van der Waals surface area contributed by atoms with Gasteiger partial charge in [0.2, 0.25) is 0 Å². The molecule has 4 rings (SSSR count). The van der Waals surface area contributed by atoms with Crippen LogP contribution in [0.4, 0.5) is 5.82 Å². The number of aromatic nitrogens is 4. The maximum absolute atomic E-state index is 13.2. The van der Waals surface area contributed by atoms with E-state index in [9.17, 15) is 9.59 Å². The molecule has 0 radical (unpaired) electrons. The fraction of sp³-hybridized carbons (Fsp3) is 0.462. The van der Waals surface area contributed by atoms with Crippen LogP contribution in [-0.4, -0.2) is 24.1 Å². The van der Waals surface area contributed by atoms with Gasteiger partial charge in [-0.1, -0.05) is 60.7 Å². The quantitative estimate of drug-likeness (QED) is 0.399. The van der Waals surface area contributed by atoms with Crippen molar-refractivity contribution in [2.45, 2.75) is 78.9 Å². The van der Waals surface area contributed by atoms with Crippen LogP contribution in [0.25, 0.3) is 0 Å². The third-order valence-corrected chi connectivity index (χ3v) is 6.40. The molecule has 0 saturated heterocycles. The van der Waals surface area contributed by atoms with Gasteiger partial charge >= 0.3 is 5.69 Å². The predicted octanol–water partition coefficient (Wildman–Crippen LogP) is 4.52. The molecule has 0 unspecified atom stereocenters. The van der Waals surface area contributed by atoms with E-state index in [1.54, 1.807) is 4.57 Å². The van der Waals surface area contributed by atoms with Crippen molar-refractivity contribution >= 4 is 22.6 Å². The van der Waals surface area contributed by atoms with Crippen LogP contribution in [0.2, 0.25) is 0 Å². The Hall–Kier alpha value is -2.93. The molecule has 1 aliphatic heterocycles. The predicted molar refractivity (Wildman–Crippen MR) is 137 cm³/mol. The Morgan fingerprint density at radius 3 is 2.44 bits per heavy atom. The molecule has 3 heterocycles. The molecule has 1 aliphatic rings. The molecule has 1 aromatic carbocycles. The second-order valence-electron chi connectivity index (χ2n) is 9.21. The summed E-state index contributed by atoms with van der Waals surface area (Å²) in [6.45, 7) is 7.95. The molecule has 0 saturated carbocycles. The van der Waals surface area contributed by atoms with Crippen LogP contribution in [0.15, 0.2) is 45.2 Å². The van der Waals surface area contributed by atoms with Crippen molar-refractivity contribution in [1.82, 2.24) is 18.9 Å². The zero-order chi connectivity index (χ0) is 24.2. The van der Waals surface area contributed by atoms with Crippen LogP contribution in [0, 0.1) is 13.8 Å². The molecule has 0 spiro atoms. The van der Waals surface area contributed by atoms with Gasteiger partial charge in [0.1, 0.15) is 11.0 Å². The lowest BCUT2D eigenvalue weighted by atomic mass is 10.1. The first-order chi connectivity index (χ1) is 16.4. The maximum Gasteiger partial charge on any atom is 0.332 e. The smallest absolute Gasteiger partial charge is 0.278 e. The number of rotatable bonds is 10. The van der Waals surface area contributed by atoms with Gasteiger partial charge in [-0.05, 0) is 44.2 Å². The summed E-state index contributed by atoms with van der Waals surface area (Å²) < 4.78 is 4.92. The number of halogens is 1. The minimum absolute atomic E-state index is 0.267. The molecule has 0 fully saturated rings. The van der Waals surface area contributed by atoms with E-state index in [4.69, 9.17) is 11.6 Å². The van der Waals surface area contributed by atoms with Gasteiger partial charge in [0.05, 0.1) is 18.3 Å². The molecule has 3 aromatic rings. The summed E-state index contributed by atoms with van der Waals surface area (Å²) in [6.07, 6.45) is 8.56. The highest BCUT2D eigenvalue weighted by Crippen LogP contribution is 2.24. The summed E-state index contributed by atoms with van der Waals surface area (Å²) >= 11 is 6.13. The fourth-order valence-electron chi connectivity index (χ4n) is 4.66. The van der Waals surface area contributed by atoms with Crippen LogP contribution in [0.5, 0.6) is 0 Å². The molecule has 8 heteroatoms. The summed E-state index contributed by atoms with van der Waals surface area (Å²) in [5.74, 6) is 0.444. The molecule has 0 aliphatic carbocycles. The summed E-state index contributed by atoms with van der Waals surface area (Å²) in [5, 5.41) is 4.86. The van der Waals surface area contributed by atoms with Crippen LogP contribution in [0.3, 0.4) is 0 Å². The highest BCUT2D eigenvalue weighted by Gasteiger charge is 2.24. The van der Waals surface area contributed by atoms with E-state index in [0.29, 0.717) is 42.5 Å². The summed E-state index contributed by atoms with van der Waals surface area (Å²) in [5.41, 5.74) is 4.78. The molecule has 0 N–H and O–H groups in total. The molecular weight excluding hydrogens is 450 g/mol. The molecule has 7 nitrogen and oxygen atoms in total. The maximum atomic E-state index is 13.2. The lowest BCUT2D eigenvalue weighted by Crippen LogP contribution is -2.41. The van der Waals surface area contributed by atoms with Crippen LogP contribution in [-0.2, 0) is 32.5 Å². The average Bonchev–Trinajstić information content (AvgIpc) is 3.38. The molecule has 0 amide bonds. The third-order valence-electron chi connectivity index (χ3n) is 6.19. The van der Waals surface area contributed by atoms with Crippen molar-refractivity contribution < 1.29 is 0 Å². The first-order valence-corrected chi connectivity index (χ1v) is 12.4. The van der Waals surface area contributed by atoms with Crippen LogP contribution >= 0.6 is 11.6 Å². The summed E-state index contributed by atoms with van der Waals surface area (Å²) in [7, 11) is 0. The molecule has 180 valence electrons. The number of hydrogen-bond donors (Lipinski definition) is 0. The molecule has 0 bridgehead atoms. The van der Waals surface area contributed by atoms with Crippen molar-refractivity contribution in [3.63, 3.8) is 0 Å². The molecule has 2 aromatic heterocycles.